The molecule has 1 N–H and O–H groups in total. The molecule has 0 radical (unpaired) electrons. The number of aromatic nitrogens is 2. The Hall–Kier alpha value is -2.40. The van der Waals surface area contributed by atoms with Gasteiger partial charge in [0.15, 0.2) is 0 Å². The van der Waals surface area contributed by atoms with Crippen LogP contribution in [0.3, 0.4) is 0 Å². The van der Waals surface area contributed by atoms with E-state index in [4.69, 9.17) is 14.7 Å². The van der Waals surface area contributed by atoms with Gasteiger partial charge < -0.3 is 14.6 Å². The molecule has 0 saturated carbocycles. The van der Waals surface area contributed by atoms with E-state index in [1.807, 2.05) is 16.9 Å². The molecule has 0 amide bonds. The summed E-state index contributed by atoms with van der Waals surface area (Å²) in [7, 11) is 0. The van der Waals surface area contributed by atoms with Crippen LogP contribution in [0.25, 0.3) is 0 Å². The minimum absolute atomic E-state index is 0.0697. The van der Waals surface area contributed by atoms with Gasteiger partial charge in [-0.05, 0) is 30.3 Å². The highest BCUT2D eigenvalue weighted by atomic mass is 16.5. The maximum absolute atomic E-state index is 10.2. The van der Waals surface area contributed by atoms with Crippen molar-refractivity contribution in [3.05, 3.63) is 48.3 Å². The Bertz CT molecular complexity index is 681. The van der Waals surface area contributed by atoms with Crippen molar-refractivity contribution in [3.63, 3.8) is 0 Å². The zero-order valence-corrected chi connectivity index (χ0v) is 14.0. The molecule has 7 nitrogen and oxygen atoms in total. The summed E-state index contributed by atoms with van der Waals surface area (Å²) < 4.78 is 13.2. The minimum Gasteiger partial charge on any atom is -0.491 e. The summed E-state index contributed by atoms with van der Waals surface area (Å²) in [6, 6.07) is 10.8. The molecule has 7 heteroatoms. The molecule has 2 aromatic rings. The van der Waals surface area contributed by atoms with E-state index in [0.29, 0.717) is 31.0 Å². The Morgan fingerprint density at radius 2 is 2.24 bits per heavy atom. The van der Waals surface area contributed by atoms with Crippen molar-refractivity contribution in [2.24, 2.45) is 0 Å². The van der Waals surface area contributed by atoms with Gasteiger partial charge in [-0.25, -0.2) is 0 Å². The number of rotatable bonds is 7. The lowest BCUT2D eigenvalue weighted by Crippen LogP contribution is -2.47. The third-order valence-corrected chi connectivity index (χ3v) is 4.07. The molecular weight excluding hydrogens is 320 g/mol. The smallest absolute Gasteiger partial charge is 0.119 e. The summed E-state index contributed by atoms with van der Waals surface area (Å²) in [5.74, 6) is 0.650. The molecule has 0 bridgehead atoms. The number of hydrogen-bond acceptors (Lipinski definition) is 6. The standard InChI is InChI=1S/C18H22N4O3/c19-10-15-2-4-17(5-3-15)25-14-16(23)11-21-8-9-24-18(12-21)13-22-7-1-6-20-22/h1-7,16,18,23H,8-9,11-14H2/t16-,18+/m0/s1. The first-order chi connectivity index (χ1) is 12.2. The molecule has 1 aliphatic rings. The number of aliphatic hydroxyl groups is 1. The second kappa shape index (κ2) is 8.62. The number of morpholine rings is 1. The van der Waals surface area contributed by atoms with Crippen molar-refractivity contribution < 1.29 is 14.6 Å². The zero-order chi connectivity index (χ0) is 17.5. The van der Waals surface area contributed by atoms with Crippen LogP contribution in [-0.4, -0.2) is 64.8 Å². The second-order valence-electron chi connectivity index (χ2n) is 6.08. The van der Waals surface area contributed by atoms with Crippen molar-refractivity contribution in [2.75, 3.05) is 32.8 Å². The number of hydrogen-bond donors (Lipinski definition) is 1. The van der Waals surface area contributed by atoms with Gasteiger partial charge in [0.1, 0.15) is 18.5 Å². The number of β-amino-alcohol motifs (C(OH)–C–C–N with tert-alkyl or cyclic N) is 1. The molecule has 0 unspecified atom stereocenters. The molecule has 0 spiro atoms. The number of benzene rings is 1. The van der Waals surface area contributed by atoms with Crippen LogP contribution >= 0.6 is 0 Å². The third-order valence-electron chi connectivity index (χ3n) is 4.07. The molecule has 1 aliphatic heterocycles. The Labute approximate surface area is 147 Å². The van der Waals surface area contributed by atoms with Crippen LogP contribution in [-0.2, 0) is 11.3 Å². The van der Waals surface area contributed by atoms with Crippen LogP contribution in [0.15, 0.2) is 42.7 Å². The molecule has 25 heavy (non-hydrogen) atoms. The van der Waals surface area contributed by atoms with E-state index in [9.17, 15) is 5.11 Å². The van der Waals surface area contributed by atoms with Gasteiger partial charge in [0.05, 0.1) is 30.9 Å². The minimum atomic E-state index is -0.584. The zero-order valence-electron chi connectivity index (χ0n) is 14.0. The van der Waals surface area contributed by atoms with E-state index in [0.717, 1.165) is 13.1 Å². The first-order valence-corrected chi connectivity index (χ1v) is 8.35. The van der Waals surface area contributed by atoms with E-state index in [-0.39, 0.29) is 12.7 Å². The highest BCUT2D eigenvalue weighted by molar-refractivity contribution is 5.34. The summed E-state index contributed by atoms with van der Waals surface area (Å²) in [5.41, 5.74) is 0.587. The highest BCUT2D eigenvalue weighted by Crippen LogP contribution is 2.13. The highest BCUT2D eigenvalue weighted by Gasteiger charge is 2.23. The van der Waals surface area contributed by atoms with Crippen molar-refractivity contribution >= 4 is 0 Å². The number of aliphatic hydroxyl groups excluding tert-OH is 1. The predicted molar refractivity (Wildman–Crippen MR) is 91.1 cm³/mol. The van der Waals surface area contributed by atoms with Gasteiger partial charge in [0, 0.05) is 32.0 Å². The van der Waals surface area contributed by atoms with E-state index < -0.39 is 6.10 Å². The largest absolute Gasteiger partial charge is 0.491 e. The maximum atomic E-state index is 10.2. The summed E-state index contributed by atoms with van der Waals surface area (Å²) in [6.45, 7) is 3.66. The van der Waals surface area contributed by atoms with E-state index in [2.05, 4.69) is 16.1 Å². The lowest BCUT2D eigenvalue weighted by atomic mass is 10.2. The monoisotopic (exact) mass is 342 g/mol. The normalized spacial score (nSPS) is 19.3. The molecule has 132 valence electrons. The van der Waals surface area contributed by atoms with Crippen LogP contribution in [0.4, 0.5) is 0 Å². The molecular formula is C18H22N4O3. The van der Waals surface area contributed by atoms with Gasteiger partial charge in [-0.1, -0.05) is 0 Å². The molecule has 1 saturated heterocycles. The topological polar surface area (TPSA) is 83.5 Å². The molecule has 1 aromatic carbocycles. The van der Waals surface area contributed by atoms with Crippen molar-refractivity contribution in [3.8, 4) is 11.8 Å². The van der Waals surface area contributed by atoms with Crippen LogP contribution in [0.5, 0.6) is 5.75 Å². The molecule has 3 rings (SSSR count). The van der Waals surface area contributed by atoms with Crippen LogP contribution in [0, 0.1) is 11.3 Å². The van der Waals surface area contributed by atoms with E-state index in [1.54, 1.807) is 30.5 Å². The van der Waals surface area contributed by atoms with E-state index >= 15 is 0 Å². The van der Waals surface area contributed by atoms with Gasteiger partial charge >= 0.3 is 0 Å². The fourth-order valence-corrected chi connectivity index (χ4v) is 2.84. The summed E-state index contributed by atoms with van der Waals surface area (Å²) >= 11 is 0. The maximum Gasteiger partial charge on any atom is 0.119 e. The fourth-order valence-electron chi connectivity index (χ4n) is 2.84. The Balaban J connectivity index is 1.42. The summed E-state index contributed by atoms with van der Waals surface area (Å²) in [6.07, 6.45) is 3.16. The SMILES string of the molecule is N#Cc1ccc(OC[C@@H](O)CN2CCO[C@@H](Cn3cccn3)C2)cc1. The van der Waals surface area contributed by atoms with Gasteiger partial charge in [0.2, 0.25) is 0 Å². The van der Waals surface area contributed by atoms with E-state index in [1.165, 1.54) is 0 Å². The second-order valence-corrected chi connectivity index (χ2v) is 6.08. The molecule has 2 heterocycles. The lowest BCUT2D eigenvalue weighted by molar-refractivity contribution is -0.0517. The first kappa shape index (κ1) is 17.4. The van der Waals surface area contributed by atoms with Crippen LogP contribution in [0.1, 0.15) is 5.56 Å². The average molecular weight is 342 g/mol. The predicted octanol–water partition coefficient (Wildman–Crippen LogP) is 0.895. The molecule has 2 atom stereocenters. The Kier molecular flexibility index (Phi) is 6.01. The van der Waals surface area contributed by atoms with Gasteiger partial charge in [0.25, 0.3) is 0 Å². The van der Waals surface area contributed by atoms with Crippen molar-refractivity contribution in [1.82, 2.24) is 14.7 Å². The van der Waals surface area contributed by atoms with Crippen molar-refractivity contribution in [2.45, 2.75) is 18.8 Å². The van der Waals surface area contributed by atoms with Crippen LogP contribution < -0.4 is 4.74 Å². The average Bonchev–Trinajstić information content (AvgIpc) is 3.14. The van der Waals surface area contributed by atoms with Gasteiger partial charge in [-0.2, -0.15) is 10.4 Å². The molecule has 0 aliphatic carbocycles. The first-order valence-electron chi connectivity index (χ1n) is 8.35. The number of ether oxygens (including phenoxy) is 2. The van der Waals surface area contributed by atoms with Gasteiger partial charge in [-0.15, -0.1) is 0 Å². The molecule has 1 aromatic heterocycles. The van der Waals surface area contributed by atoms with Gasteiger partial charge in [-0.3, -0.25) is 9.58 Å². The lowest BCUT2D eigenvalue weighted by Gasteiger charge is -2.33. The summed E-state index contributed by atoms with van der Waals surface area (Å²) in [5, 5.41) is 23.2. The number of nitrogens with zero attached hydrogens (tertiary/aromatic N) is 4. The Morgan fingerprint density at radius 3 is 2.96 bits per heavy atom. The molecule has 1 fully saturated rings. The fraction of sp³-hybridized carbons (Fsp3) is 0.444. The van der Waals surface area contributed by atoms with Crippen LogP contribution in [0.2, 0.25) is 0 Å². The quantitative estimate of drug-likeness (QED) is 0.805. The van der Waals surface area contributed by atoms with Crippen molar-refractivity contribution in [1.29, 1.82) is 5.26 Å². The Morgan fingerprint density at radius 1 is 1.40 bits per heavy atom. The summed E-state index contributed by atoms with van der Waals surface area (Å²) in [4.78, 5) is 2.18. The third kappa shape index (κ3) is 5.29. The number of nitriles is 1.